The summed E-state index contributed by atoms with van der Waals surface area (Å²) >= 11 is 0. The molecule has 0 aromatic heterocycles. The minimum atomic E-state index is -0.231. The molecule has 3 fully saturated rings. The molecule has 2 saturated carbocycles. The lowest BCUT2D eigenvalue weighted by atomic mass is 9.63. The first kappa shape index (κ1) is 15.6. The zero-order chi connectivity index (χ0) is 18.0. The van der Waals surface area contributed by atoms with E-state index in [-0.39, 0.29) is 35.5 Å². The zero-order valence-electron chi connectivity index (χ0n) is 14.7. The molecule has 2 bridgehead atoms. The number of methoxy groups -OCH3 is 2. The lowest BCUT2D eigenvalue weighted by Gasteiger charge is -2.37. The van der Waals surface area contributed by atoms with Crippen LogP contribution in [0.2, 0.25) is 0 Å². The molecule has 1 heterocycles. The van der Waals surface area contributed by atoms with Gasteiger partial charge in [-0.2, -0.15) is 10.1 Å². The first-order chi connectivity index (χ1) is 12.7. The summed E-state index contributed by atoms with van der Waals surface area (Å²) in [6, 6.07) is 5.41. The largest absolute Gasteiger partial charge is 0.493 e. The highest BCUT2D eigenvalue weighted by Crippen LogP contribution is 2.65. The molecule has 26 heavy (non-hydrogen) atoms. The Morgan fingerprint density at radius 2 is 1.69 bits per heavy atom. The molecular formula is C20H20N2O4. The second-order valence-corrected chi connectivity index (χ2v) is 7.47. The highest BCUT2D eigenvalue weighted by molar-refractivity contribution is 6.06. The molecule has 134 valence electrons. The van der Waals surface area contributed by atoms with Crippen molar-refractivity contribution in [1.29, 1.82) is 0 Å². The van der Waals surface area contributed by atoms with Crippen molar-refractivity contribution in [3.05, 3.63) is 35.9 Å². The molecule has 0 spiro atoms. The summed E-state index contributed by atoms with van der Waals surface area (Å²) in [5, 5.41) is 5.32. The van der Waals surface area contributed by atoms with Crippen molar-refractivity contribution < 1.29 is 19.1 Å². The Hall–Kier alpha value is -2.63. The van der Waals surface area contributed by atoms with Crippen molar-refractivity contribution in [2.75, 3.05) is 14.2 Å². The Kier molecular flexibility index (Phi) is 3.26. The summed E-state index contributed by atoms with van der Waals surface area (Å²) in [4.78, 5) is 25.8. The fourth-order valence-corrected chi connectivity index (χ4v) is 5.19. The second-order valence-electron chi connectivity index (χ2n) is 7.47. The van der Waals surface area contributed by atoms with Crippen LogP contribution >= 0.6 is 0 Å². The number of carbonyl (C=O) groups is 2. The van der Waals surface area contributed by atoms with Crippen LogP contribution in [0.4, 0.5) is 0 Å². The molecule has 0 radical (unpaired) electrons. The van der Waals surface area contributed by atoms with Gasteiger partial charge < -0.3 is 9.47 Å². The van der Waals surface area contributed by atoms with E-state index in [1.807, 2.05) is 12.1 Å². The summed E-state index contributed by atoms with van der Waals surface area (Å²) in [7, 11) is 3.11. The van der Waals surface area contributed by atoms with E-state index in [9.17, 15) is 9.59 Å². The minimum absolute atomic E-state index is 0.164. The van der Waals surface area contributed by atoms with E-state index in [0.717, 1.165) is 11.4 Å². The van der Waals surface area contributed by atoms with Gasteiger partial charge >= 0.3 is 0 Å². The molecule has 4 aliphatic carbocycles. The van der Waals surface area contributed by atoms with E-state index < -0.39 is 0 Å². The maximum Gasteiger partial charge on any atom is 0.254 e. The highest BCUT2D eigenvalue weighted by Gasteiger charge is 2.67. The first-order valence-electron chi connectivity index (χ1n) is 8.96. The number of imide groups is 1. The number of ether oxygens (including phenoxy) is 2. The minimum Gasteiger partial charge on any atom is -0.493 e. The summed E-state index contributed by atoms with van der Waals surface area (Å²) in [5.74, 6) is 1.90. The zero-order valence-corrected chi connectivity index (χ0v) is 14.7. The molecule has 1 saturated heterocycles. The number of nitrogens with zero attached hydrogens (tertiary/aromatic N) is 2. The topological polar surface area (TPSA) is 68.2 Å². The van der Waals surface area contributed by atoms with Crippen molar-refractivity contribution in [1.82, 2.24) is 5.01 Å². The van der Waals surface area contributed by atoms with Crippen LogP contribution in [0, 0.1) is 35.5 Å². The van der Waals surface area contributed by atoms with Crippen LogP contribution in [0.3, 0.4) is 0 Å². The predicted molar refractivity (Wildman–Crippen MR) is 93.7 cm³/mol. The Balaban J connectivity index is 1.45. The summed E-state index contributed by atoms with van der Waals surface area (Å²) in [6.45, 7) is 0. The third-order valence-corrected chi connectivity index (χ3v) is 6.39. The molecule has 0 N–H and O–H groups in total. The Bertz CT molecular complexity index is 825. The van der Waals surface area contributed by atoms with Crippen molar-refractivity contribution in [2.24, 2.45) is 40.6 Å². The normalized spacial score (nSPS) is 36.5. The fourth-order valence-electron chi connectivity index (χ4n) is 5.19. The third-order valence-electron chi connectivity index (χ3n) is 6.39. The van der Waals surface area contributed by atoms with Gasteiger partial charge in [-0.25, -0.2) is 0 Å². The number of hydrazone groups is 1. The molecule has 6 atom stereocenters. The average Bonchev–Trinajstić information content (AvgIpc) is 3.45. The molecule has 1 aromatic rings. The average molecular weight is 352 g/mol. The Morgan fingerprint density at radius 1 is 1.04 bits per heavy atom. The fraction of sp³-hybridized carbons (Fsp3) is 0.450. The van der Waals surface area contributed by atoms with Crippen molar-refractivity contribution in [2.45, 2.75) is 6.42 Å². The number of rotatable bonds is 4. The van der Waals surface area contributed by atoms with Crippen LogP contribution in [-0.2, 0) is 9.59 Å². The molecule has 1 aromatic carbocycles. The van der Waals surface area contributed by atoms with Gasteiger partial charge in [0.15, 0.2) is 11.5 Å². The van der Waals surface area contributed by atoms with Gasteiger partial charge in [-0.1, -0.05) is 18.2 Å². The van der Waals surface area contributed by atoms with Crippen molar-refractivity contribution in [3.8, 4) is 11.5 Å². The van der Waals surface area contributed by atoms with E-state index in [4.69, 9.17) is 9.47 Å². The standard InChI is InChI=1S/C20H20N2O4/c1-25-15-5-3-4-10(18(15)26-2)9-21-22-19(23)16-11-6-7-12(14-8-13(11)14)17(16)20(22)24/h3-7,9,11-14,16-17H,8H2,1-2H3/b21-9-/t11-,12-,13-,14-,16-,17+/m0/s1. The molecule has 5 aliphatic rings. The van der Waals surface area contributed by atoms with E-state index >= 15 is 0 Å². The van der Waals surface area contributed by atoms with Gasteiger partial charge in [-0.15, -0.1) is 0 Å². The SMILES string of the molecule is COc1cccc(/C=N\N2C(=O)[C@@H]3[C@H]4C=C[C@@H]([C@@H]5C[C@@H]45)[C@@H]3C2=O)c1OC. The number of allylic oxidation sites excluding steroid dienone is 2. The lowest BCUT2D eigenvalue weighted by molar-refractivity contribution is -0.140. The van der Waals surface area contributed by atoms with Crippen molar-refractivity contribution in [3.63, 3.8) is 0 Å². The quantitative estimate of drug-likeness (QED) is 0.473. The second kappa shape index (κ2) is 5.43. The van der Waals surface area contributed by atoms with Gasteiger partial charge in [-0.3, -0.25) is 9.59 Å². The van der Waals surface area contributed by atoms with Gasteiger partial charge in [0.2, 0.25) is 0 Å². The van der Waals surface area contributed by atoms with Crippen LogP contribution in [0.5, 0.6) is 11.5 Å². The van der Waals surface area contributed by atoms with E-state index in [0.29, 0.717) is 28.9 Å². The smallest absolute Gasteiger partial charge is 0.254 e. The number of benzene rings is 1. The predicted octanol–water partition coefficient (Wildman–Crippen LogP) is 2.09. The maximum atomic E-state index is 12.9. The number of hydrogen-bond donors (Lipinski definition) is 0. The van der Waals surface area contributed by atoms with Crippen LogP contribution in [-0.4, -0.2) is 37.3 Å². The monoisotopic (exact) mass is 352 g/mol. The summed E-state index contributed by atoms with van der Waals surface area (Å²) in [6.07, 6.45) is 6.97. The van der Waals surface area contributed by atoms with Crippen LogP contribution in [0.15, 0.2) is 35.5 Å². The first-order valence-corrected chi connectivity index (χ1v) is 8.96. The Morgan fingerprint density at radius 3 is 2.27 bits per heavy atom. The molecule has 0 unspecified atom stereocenters. The van der Waals surface area contributed by atoms with E-state index in [1.54, 1.807) is 20.3 Å². The number of carbonyl (C=O) groups excluding carboxylic acids is 2. The van der Waals surface area contributed by atoms with Gasteiger partial charge in [0.1, 0.15) is 0 Å². The molecule has 2 amide bonds. The Labute approximate surface area is 151 Å². The maximum absolute atomic E-state index is 12.9. The van der Waals surface area contributed by atoms with E-state index in [2.05, 4.69) is 17.3 Å². The number of hydrogen-bond acceptors (Lipinski definition) is 5. The van der Waals surface area contributed by atoms with Gasteiger partial charge in [0, 0.05) is 5.56 Å². The molecular weight excluding hydrogens is 332 g/mol. The third kappa shape index (κ3) is 1.95. The van der Waals surface area contributed by atoms with Crippen LogP contribution < -0.4 is 9.47 Å². The van der Waals surface area contributed by atoms with Crippen molar-refractivity contribution >= 4 is 18.0 Å². The lowest BCUT2D eigenvalue weighted by Crippen LogP contribution is -2.40. The molecule has 6 rings (SSSR count). The summed E-state index contributed by atoms with van der Waals surface area (Å²) < 4.78 is 10.7. The van der Waals surface area contributed by atoms with Crippen LogP contribution in [0.1, 0.15) is 12.0 Å². The number of amides is 2. The molecule has 1 aliphatic heterocycles. The van der Waals surface area contributed by atoms with Crippen LogP contribution in [0.25, 0.3) is 0 Å². The van der Waals surface area contributed by atoms with Gasteiger partial charge in [0.05, 0.1) is 32.3 Å². The summed E-state index contributed by atoms with van der Waals surface area (Å²) in [5.41, 5.74) is 0.659. The van der Waals surface area contributed by atoms with Gasteiger partial charge in [-0.05, 0) is 42.2 Å². The molecule has 6 heteroatoms. The number of para-hydroxylation sites is 1. The highest BCUT2D eigenvalue weighted by atomic mass is 16.5. The van der Waals surface area contributed by atoms with Gasteiger partial charge in [0.25, 0.3) is 11.8 Å². The molecule has 6 nitrogen and oxygen atoms in total. The van der Waals surface area contributed by atoms with E-state index in [1.165, 1.54) is 6.21 Å².